The second kappa shape index (κ2) is 7.64. The standard InChI is InChI=1S/C20H20F3N3/c1-2-3-4-5-6-14-7-12-17-18(13-14)26-19(25-17)24-16-10-8-15(9-11-16)20(21,22)23/h2,7-13H,1,3-6H2,(H2,24,25,26). The summed E-state index contributed by atoms with van der Waals surface area (Å²) in [6.07, 6.45) is 1.82. The molecule has 0 aliphatic rings. The Hall–Kier alpha value is -2.76. The van der Waals surface area contributed by atoms with Crippen LogP contribution < -0.4 is 5.32 Å². The molecule has 3 rings (SSSR count). The number of anilines is 2. The number of H-pyrrole nitrogens is 1. The number of unbranched alkanes of at least 4 members (excludes halogenated alkanes) is 2. The molecular weight excluding hydrogens is 339 g/mol. The minimum Gasteiger partial charge on any atom is -0.326 e. The van der Waals surface area contributed by atoms with Crippen molar-refractivity contribution in [3.05, 3.63) is 66.2 Å². The molecule has 0 radical (unpaired) electrons. The fraction of sp³-hybridized carbons (Fsp3) is 0.250. The SMILES string of the molecule is C=CCCCCc1ccc2nc(Nc3ccc(C(F)(F)F)cc3)[nH]c2c1. The Kier molecular flexibility index (Phi) is 5.30. The lowest BCUT2D eigenvalue weighted by Gasteiger charge is -2.07. The third-order valence-corrected chi connectivity index (χ3v) is 4.14. The smallest absolute Gasteiger partial charge is 0.326 e. The third-order valence-electron chi connectivity index (χ3n) is 4.14. The number of hydrogen-bond acceptors (Lipinski definition) is 2. The van der Waals surface area contributed by atoms with Gasteiger partial charge < -0.3 is 10.3 Å². The molecule has 2 N–H and O–H groups in total. The van der Waals surface area contributed by atoms with Crippen molar-refractivity contribution in [1.82, 2.24) is 9.97 Å². The topological polar surface area (TPSA) is 40.7 Å². The van der Waals surface area contributed by atoms with Crippen molar-refractivity contribution >= 4 is 22.7 Å². The highest BCUT2D eigenvalue weighted by atomic mass is 19.4. The summed E-state index contributed by atoms with van der Waals surface area (Å²) in [6.45, 7) is 3.72. The Bertz CT molecular complexity index is 879. The number of alkyl halides is 3. The molecule has 3 nitrogen and oxygen atoms in total. The van der Waals surface area contributed by atoms with Crippen LogP contribution in [0.25, 0.3) is 11.0 Å². The van der Waals surface area contributed by atoms with Gasteiger partial charge in [-0.25, -0.2) is 4.98 Å². The number of nitrogens with one attached hydrogen (secondary N) is 2. The fourth-order valence-corrected chi connectivity index (χ4v) is 2.77. The molecule has 0 unspecified atom stereocenters. The van der Waals surface area contributed by atoms with E-state index in [1.807, 2.05) is 12.1 Å². The molecule has 0 spiro atoms. The molecule has 0 fully saturated rings. The van der Waals surface area contributed by atoms with Crippen LogP contribution in [-0.2, 0) is 12.6 Å². The molecule has 26 heavy (non-hydrogen) atoms. The number of allylic oxidation sites excluding steroid dienone is 1. The number of nitrogens with zero attached hydrogens (tertiary/aromatic N) is 1. The lowest BCUT2D eigenvalue weighted by Crippen LogP contribution is -2.04. The molecule has 0 amide bonds. The highest BCUT2D eigenvalue weighted by Gasteiger charge is 2.29. The Morgan fingerprint density at radius 1 is 1.08 bits per heavy atom. The van der Waals surface area contributed by atoms with Crippen molar-refractivity contribution in [2.24, 2.45) is 0 Å². The Morgan fingerprint density at radius 3 is 2.54 bits per heavy atom. The fourth-order valence-electron chi connectivity index (χ4n) is 2.77. The summed E-state index contributed by atoms with van der Waals surface area (Å²) in [7, 11) is 0. The van der Waals surface area contributed by atoms with Gasteiger partial charge >= 0.3 is 6.18 Å². The van der Waals surface area contributed by atoms with Gasteiger partial charge in [-0.3, -0.25) is 0 Å². The van der Waals surface area contributed by atoms with E-state index in [0.29, 0.717) is 11.6 Å². The van der Waals surface area contributed by atoms with E-state index in [4.69, 9.17) is 0 Å². The molecule has 0 atom stereocenters. The Labute approximate surface area is 150 Å². The van der Waals surface area contributed by atoms with E-state index in [0.717, 1.165) is 48.8 Å². The van der Waals surface area contributed by atoms with Gasteiger partial charge in [0.1, 0.15) is 0 Å². The number of rotatable bonds is 7. The van der Waals surface area contributed by atoms with Crippen molar-refractivity contribution in [3.63, 3.8) is 0 Å². The molecule has 136 valence electrons. The number of fused-ring (bicyclic) bond motifs is 1. The molecule has 1 aromatic heterocycles. The lowest BCUT2D eigenvalue weighted by molar-refractivity contribution is -0.137. The first-order valence-electron chi connectivity index (χ1n) is 8.49. The Balaban J connectivity index is 1.69. The van der Waals surface area contributed by atoms with Crippen LogP contribution in [0.3, 0.4) is 0 Å². The number of halogens is 3. The first kappa shape index (κ1) is 18.0. The largest absolute Gasteiger partial charge is 0.416 e. The molecule has 0 saturated carbocycles. The van der Waals surface area contributed by atoms with E-state index in [-0.39, 0.29) is 0 Å². The van der Waals surface area contributed by atoms with Crippen LogP contribution in [0, 0.1) is 0 Å². The van der Waals surface area contributed by atoms with Crippen LogP contribution >= 0.6 is 0 Å². The number of hydrogen-bond donors (Lipinski definition) is 2. The highest BCUT2D eigenvalue weighted by Crippen LogP contribution is 2.30. The average molecular weight is 359 g/mol. The van der Waals surface area contributed by atoms with Crippen molar-refractivity contribution < 1.29 is 13.2 Å². The summed E-state index contributed by atoms with van der Waals surface area (Å²) in [4.78, 5) is 7.60. The van der Waals surface area contributed by atoms with Crippen LogP contribution in [0.5, 0.6) is 0 Å². The summed E-state index contributed by atoms with van der Waals surface area (Å²) >= 11 is 0. The molecular formula is C20H20F3N3. The predicted octanol–water partition coefficient (Wildman–Crippen LogP) is 6.22. The monoisotopic (exact) mass is 359 g/mol. The quantitative estimate of drug-likeness (QED) is 0.388. The summed E-state index contributed by atoms with van der Waals surface area (Å²) in [5.74, 6) is 0.503. The van der Waals surface area contributed by atoms with E-state index in [1.165, 1.54) is 17.7 Å². The molecule has 3 aromatic rings. The summed E-state index contributed by atoms with van der Waals surface area (Å²) in [6, 6.07) is 10.9. The maximum absolute atomic E-state index is 12.6. The van der Waals surface area contributed by atoms with Crippen molar-refractivity contribution in [3.8, 4) is 0 Å². The normalized spacial score (nSPS) is 11.7. The Morgan fingerprint density at radius 2 is 1.85 bits per heavy atom. The molecule has 1 heterocycles. The van der Waals surface area contributed by atoms with Crippen LogP contribution in [0.4, 0.5) is 24.8 Å². The van der Waals surface area contributed by atoms with Crippen LogP contribution in [-0.4, -0.2) is 9.97 Å². The average Bonchev–Trinajstić information content (AvgIpc) is 3.00. The number of aromatic amines is 1. The molecule has 2 aromatic carbocycles. The van der Waals surface area contributed by atoms with E-state index >= 15 is 0 Å². The molecule has 0 aliphatic carbocycles. The van der Waals surface area contributed by atoms with Crippen LogP contribution in [0.1, 0.15) is 30.4 Å². The first-order chi connectivity index (χ1) is 12.5. The molecule has 0 saturated heterocycles. The predicted molar refractivity (Wildman–Crippen MR) is 98.6 cm³/mol. The zero-order chi connectivity index (χ0) is 18.6. The van der Waals surface area contributed by atoms with Crippen LogP contribution in [0.2, 0.25) is 0 Å². The lowest BCUT2D eigenvalue weighted by atomic mass is 10.1. The molecule has 0 aliphatic heterocycles. The van der Waals surface area contributed by atoms with Gasteiger partial charge in [-0.1, -0.05) is 12.1 Å². The van der Waals surface area contributed by atoms with Gasteiger partial charge in [0.15, 0.2) is 0 Å². The maximum Gasteiger partial charge on any atom is 0.416 e. The van der Waals surface area contributed by atoms with Crippen LogP contribution in [0.15, 0.2) is 55.1 Å². The minimum atomic E-state index is -4.33. The van der Waals surface area contributed by atoms with Gasteiger partial charge in [0.2, 0.25) is 5.95 Å². The van der Waals surface area contributed by atoms with E-state index in [1.54, 1.807) is 0 Å². The zero-order valence-electron chi connectivity index (χ0n) is 14.2. The van der Waals surface area contributed by atoms with Gasteiger partial charge in [0, 0.05) is 5.69 Å². The highest BCUT2D eigenvalue weighted by molar-refractivity contribution is 5.79. The van der Waals surface area contributed by atoms with Gasteiger partial charge in [-0.15, -0.1) is 6.58 Å². The summed E-state index contributed by atoms with van der Waals surface area (Å²) in [5, 5.41) is 3.01. The third kappa shape index (κ3) is 4.45. The number of benzene rings is 2. The van der Waals surface area contributed by atoms with E-state index in [9.17, 15) is 13.2 Å². The van der Waals surface area contributed by atoms with Gasteiger partial charge in [-0.2, -0.15) is 13.2 Å². The van der Waals surface area contributed by atoms with Gasteiger partial charge in [-0.05, 0) is 67.6 Å². The van der Waals surface area contributed by atoms with Gasteiger partial charge in [0.05, 0.1) is 16.6 Å². The maximum atomic E-state index is 12.6. The second-order valence-electron chi connectivity index (χ2n) is 6.17. The van der Waals surface area contributed by atoms with Crippen molar-refractivity contribution in [1.29, 1.82) is 0 Å². The zero-order valence-corrected chi connectivity index (χ0v) is 14.2. The van der Waals surface area contributed by atoms with E-state index in [2.05, 4.69) is 34.0 Å². The van der Waals surface area contributed by atoms with Gasteiger partial charge in [0.25, 0.3) is 0 Å². The number of imidazole rings is 1. The number of aromatic nitrogens is 2. The summed E-state index contributed by atoms with van der Waals surface area (Å²) < 4.78 is 37.8. The first-order valence-corrected chi connectivity index (χ1v) is 8.49. The summed E-state index contributed by atoms with van der Waals surface area (Å²) in [5.41, 5.74) is 2.82. The van der Waals surface area contributed by atoms with Crippen molar-refractivity contribution in [2.45, 2.75) is 31.9 Å². The van der Waals surface area contributed by atoms with E-state index < -0.39 is 11.7 Å². The molecule has 6 heteroatoms. The minimum absolute atomic E-state index is 0.503. The van der Waals surface area contributed by atoms with Crippen molar-refractivity contribution in [2.75, 3.05) is 5.32 Å². The molecule has 0 bridgehead atoms. The number of aryl methyl sites for hydroxylation is 1. The second-order valence-corrected chi connectivity index (χ2v) is 6.17.